The van der Waals surface area contributed by atoms with E-state index in [9.17, 15) is 0 Å². The molecule has 4 heteroatoms. The molecule has 2 atom stereocenters. The van der Waals surface area contributed by atoms with E-state index in [-0.39, 0.29) is 0 Å². The molecule has 1 aromatic heterocycles. The summed E-state index contributed by atoms with van der Waals surface area (Å²) in [7, 11) is 0. The first-order valence-electron chi connectivity index (χ1n) is 8.58. The Morgan fingerprint density at radius 1 is 1.10 bits per heavy atom. The molecule has 2 aliphatic heterocycles. The predicted octanol–water partition coefficient (Wildman–Crippen LogP) is 2.91. The molecule has 21 heavy (non-hydrogen) atoms. The zero-order valence-electron chi connectivity index (χ0n) is 14.0. The van der Waals surface area contributed by atoms with Crippen LogP contribution >= 0.6 is 0 Å². The molecule has 2 saturated heterocycles. The lowest BCUT2D eigenvalue weighted by Crippen LogP contribution is -2.43. The van der Waals surface area contributed by atoms with Gasteiger partial charge >= 0.3 is 0 Å². The number of hydrogen-bond acceptors (Lipinski definition) is 3. The van der Waals surface area contributed by atoms with Crippen molar-refractivity contribution < 1.29 is 0 Å². The van der Waals surface area contributed by atoms with Crippen LogP contribution in [0.3, 0.4) is 0 Å². The summed E-state index contributed by atoms with van der Waals surface area (Å²) in [5, 5.41) is 4.71. The van der Waals surface area contributed by atoms with E-state index in [1.165, 1.54) is 38.0 Å². The molecule has 4 nitrogen and oxygen atoms in total. The van der Waals surface area contributed by atoms with Crippen molar-refractivity contribution in [3.05, 3.63) is 18.0 Å². The summed E-state index contributed by atoms with van der Waals surface area (Å²) in [6.45, 7) is 12.5. The predicted molar refractivity (Wildman–Crippen MR) is 86.3 cm³/mol. The van der Waals surface area contributed by atoms with E-state index in [0.717, 1.165) is 18.6 Å². The minimum Gasteiger partial charge on any atom is -0.296 e. The first kappa shape index (κ1) is 15.0. The number of rotatable bonds is 4. The Morgan fingerprint density at radius 3 is 2.52 bits per heavy atom. The average molecular weight is 290 g/mol. The van der Waals surface area contributed by atoms with Crippen LogP contribution in [-0.2, 0) is 6.54 Å². The van der Waals surface area contributed by atoms with Crippen molar-refractivity contribution in [1.29, 1.82) is 0 Å². The molecule has 0 saturated carbocycles. The van der Waals surface area contributed by atoms with Crippen LogP contribution in [0, 0.1) is 0 Å². The molecule has 1 aromatic rings. The highest BCUT2D eigenvalue weighted by atomic mass is 15.3. The van der Waals surface area contributed by atoms with Crippen LogP contribution < -0.4 is 0 Å². The third-order valence-corrected chi connectivity index (χ3v) is 5.10. The van der Waals surface area contributed by atoms with Crippen LogP contribution in [0.4, 0.5) is 0 Å². The molecule has 0 radical (unpaired) electrons. The highest BCUT2D eigenvalue weighted by Crippen LogP contribution is 2.32. The molecule has 2 fully saturated rings. The first-order valence-corrected chi connectivity index (χ1v) is 8.58. The third-order valence-electron chi connectivity index (χ3n) is 5.10. The molecule has 0 amide bonds. The number of fused-ring (bicyclic) bond motifs is 2. The Kier molecular flexibility index (Phi) is 4.36. The van der Waals surface area contributed by atoms with E-state index in [2.05, 4.69) is 54.4 Å². The Balaban J connectivity index is 1.65. The molecule has 2 bridgehead atoms. The molecule has 118 valence electrons. The molecule has 0 N–H and O–H groups in total. The van der Waals surface area contributed by atoms with Gasteiger partial charge in [-0.25, -0.2) is 0 Å². The normalized spacial score (nSPS) is 27.7. The van der Waals surface area contributed by atoms with E-state index < -0.39 is 0 Å². The minimum atomic E-state index is 0.454. The lowest BCUT2D eigenvalue weighted by Gasteiger charge is -2.32. The Bertz CT molecular complexity index is 465. The van der Waals surface area contributed by atoms with Crippen molar-refractivity contribution in [2.45, 2.75) is 77.7 Å². The lowest BCUT2D eigenvalue weighted by atomic mass is 10.1. The summed E-state index contributed by atoms with van der Waals surface area (Å²) in [4.78, 5) is 5.39. The highest BCUT2D eigenvalue weighted by molar-refractivity contribution is 5.01. The second-order valence-electron chi connectivity index (χ2n) is 7.33. The topological polar surface area (TPSA) is 24.3 Å². The van der Waals surface area contributed by atoms with Gasteiger partial charge < -0.3 is 0 Å². The zero-order chi connectivity index (χ0) is 15.0. The van der Waals surface area contributed by atoms with Gasteiger partial charge in [0.1, 0.15) is 0 Å². The monoisotopic (exact) mass is 290 g/mol. The summed E-state index contributed by atoms with van der Waals surface area (Å²) in [6.07, 6.45) is 6.21. The molecule has 0 aromatic carbocycles. The van der Waals surface area contributed by atoms with Crippen LogP contribution in [0.1, 0.15) is 58.7 Å². The van der Waals surface area contributed by atoms with Gasteiger partial charge in [-0.3, -0.25) is 14.5 Å². The van der Waals surface area contributed by atoms with Crippen LogP contribution in [-0.4, -0.2) is 50.8 Å². The number of likely N-dealkylation sites (tertiary alicyclic amines) is 1. The molecular formula is C17H30N4. The largest absolute Gasteiger partial charge is 0.296 e. The van der Waals surface area contributed by atoms with Crippen molar-refractivity contribution >= 4 is 0 Å². The zero-order valence-corrected chi connectivity index (χ0v) is 14.0. The van der Waals surface area contributed by atoms with Gasteiger partial charge in [-0.1, -0.05) is 0 Å². The van der Waals surface area contributed by atoms with Crippen LogP contribution in [0.2, 0.25) is 0 Å². The molecule has 0 aliphatic carbocycles. The first-order chi connectivity index (χ1) is 10.0. The van der Waals surface area contributed by atoms with Crippen molar-refractivity contribution in [3.8, 4) is 0 Å². The smallest absolute Gasteiger partial charge is 0.0764 e. The Labute approximate surface area is 129 Å². The fourth-order valence-corrected chi connectivity index (χ4v) is 4.15. The van der Waals surface area contributed by atoms with E-state index >= 15 is 0 Å². The third kappa shape index (κ3) is 3.16. The summed E-state index contributed by atoms with van der Waals surface area (Å²) < 4.78 is 2.07. The second kappa shape index (κ2) is 6.09. The standard InChI is InChI=1S/C17H30N4/c1-13(2)20-10-7-15(18-20)11-19-9-8-16-5-6-17(12-19)21(16)14(3)4/h7,10,13-14,16-17H,5-6,8-9,11-12H2,1-4H3/t16-,17+/m1/s1. The molecule has 2 aliphatic rings. The summed E-state index contributed by atoms with van der Waals surface area (Å²) in [6, 6.07) is 4.89. The van der Waals surface area contributed by atoms with Gasteiger partial charge in [0.15, 0.2) is 0 Å². The maximum atomic E-state index is 4.71. The van der Waals surface area contributed by atoms with Crippen molar-refractivity contribution in [2.75, 3.05) is 13.1 Å². The molecule has 0 spiro atoms. The second-order valence-corrected chi connectivity index (χ2v) is 7.33. The van der Waals surface area contributed by atoms with Gasteiger partial charge in [0, 0.05) is 50.0 Å². The van der Waals surface area contributed by atoms with Gasteiger partial charge in [-0.05, 0) is 53.0 Å². The van der Waals surface area contributed by atoms with Gasteiger partial charge in [0.05, 0.1) is 5.69 Å². The maximum absolute atomic E-state index is 4.71. The summed E-state index contributed by atoms with van der Waals surface area (Å²) >= 11 is 0. The highest BCUT2D eigenvalue weighted by Gasteiger charge is 2.38. The molecule has 3 rings (SSSR count). The Morgan fingerprint density at radius 2 is 1.86 bits per heavy atom. The number of aromatic nitrogens is 2. The van der Waals surface area contributed by atoms with E-state index in [4.69, 9.17) is 5.10 Å². The van der Waals surface area contributed by atoms with Crippen molar-refractivity contribution in [1.82, 2.24) is 19.6 Å². The lowest BCUT2D eigenvalue weighted by molar-refractivity contribution is 0.145. The quantitative estimate of drug-likeness (QED) is 0.852. The van der Waals surface area contributed by atoms with Crippen molar-refractivity contribution in [3.63, 3.8) is 0 Å². The van der Waals surface area contributed by atoms with Crippen molar-refractivity contribution in [2.24, 2.45) is 0 Å². The van der Waals surface area contributed by atoms with E-state index in [1.807, 2.05) is 0 Å². The minimum absolute atomic E-state index is 0.454. The maximum Gasteiger partial charge on any atom is 0.0764 e. The van der Waals surface area contributed by atoms with Crippen LogP contribution in [0.25, 0.3) is 0 Å². The van der Waals surface area contributed by atoms with Gasteiger partial charge in [-0.15, -0.1) is 0 Å². The SMILES string of the molecule is CC(C)N1[C@@H]2CC[C@H]1CN(Cc1ccn(C(C)C)n1)CC2. The van der Waals surface area contributed by atoms with Gasteiger partial charge in [0.25, 0.3) is 0 Å². The average Bonchev–Trinajstić information content (AvgIpc) is 2.96. The number of nitrogens with zero attached hydrogens (tertiary/aromatic N) is 4. The van der Waals surface area contributed by atoms with E-state index in [1.54, 1.807) is 0 Å². The van der Waals surface area contributed by atoms with Crippen LogP contribution in [0.15, 0.2) is 12.3 Å². The number of hydrogen-bond donors (Lipinski definition) is 0. The Hall–Kier alpha value is -0.870. The molecule has 0 unspecified atom stereocenters. The summed E-state index contributed by atoms with van der Waals surface area (Å²) in [5.74, 6) is 0. The molecular weight excluding hydrogens is 260 g/mol. The fourth-order valence-electron chi connectivity index (χ4n) is 4.15. The molecule has 3 heterocycles. The van der Waals surface area contributed by atoms with Gasteiger partial charge in [-0.2, -0.15) is 5.10 Å². The fraction of sp³-hybridized carbons (Fsp3) is 0.824. The van der Waals surface area contributed by atoms with Crippen LogP contribution in [0.5, 0.6) is 0 Å². The summed E-state index contributed by atoms with van der Waals surface area (Å²) in [5.41, 5.74) is 1.22. The van der Waals surface area contributed by atoms with Gasteiger partial charge in [0.2, 0.25) is 0 Å². The van der Waals surface area contributed by atoms with E-state index in [0.29, 0.717) is 12.1 Å².